The van der Waals surface area contributed by atoms with Gasteiger partial charge in [0.15, 0.2) is 0 Å². The first-order valence-corrected chi connectivity index (χ1v) is 9.82. The number of benzene rings is 1. The van der Waals surface area contributed by atoms with Crippen molar-refractivity contribution in [3.63, 3.8) is 0 Å². The Hall–Kier alpha value is -3.66. The smallest absolute Gasteiger partial charge is 0.0737 e. The van der Waals surface area contributed by atoms with Crippen molar-refractivity contribution in [2.45, 2.75) is 0 Å². The van der Waals surface area contributed by atoms with Crippen molar-refractivity contribution in [2.75, 3.05) is 0 Å². The van der Waals surface area contributed by atoms with Crippen LogP contribution >= 0.6 is 0 Å². The fraction of sp³-hybridized carbons (Fsp3) is 0. The van der Waals surface area contributed by atoms with Crippen LogP contribution in [0.5, 0.6) is 0 Å². The van der Waals surface area contributed by atoms with Crippen molar-refractivity contribution in [3.8, 4) is 0 Å². The Morgan fingerprint density at radius 1 is 0.452 bits per heavy atom. The van der Waals surface area contributed by atoms with E-state index in [1.54, 1.807) is 0 Å². The Bertz CT molecular complexity index is 1350. The third-order valence-corrected chi connectivity index (χ3v) is 5.12. The van der Waals surface area contributed by atoms with Gasteiger partial charge in [-0.05, 0) is 72.4 Å². The van der Waals surface area contributed by atoms with Crippen LogP contribution in [0.4, 0.5) is 0 Å². The van der Waals surface area contributed by atoms with Gasteiger partial charge in [-0.3, -0.25) is 0 Å². The van der Waals surface area contributed by atoms with Crippen LogP contribution in [0.3, 0.4) is 0 Å². The maximum absolute atomic E-state index is 4.87. The molecule has 0 saturated carbocycles. The number of nitrogens with zero attached hydrogens (tertiary/aromatic N) is 4. The Morgan fingerprint density at radius 3 is 1.55 bits per heavy atom. The van der Waals surface area contributed by atoms with Crippen molar-refractivity contribution >= 4 is 28.4 Å². The van der Waals surface area contributed by atoms with Crippen molar-refractivity contribution in [2.24, 2.45) is 20.0 Å². The molecule has 0 aromatic heterocycles. The van der Waals surface area contributed by atoms with Gasteiger partial charge >= 0.3 is 0 Å². The number of allylic oxidation sites excluding steroid dienone is 12. The minimum absolute atomic E-state index is 0. The molecular weight excluding hydrogens is 423 g/mol. The van der Waals surface area contributed by atoms with E-state index in [9.17, 15) is 0 Å². The zero-order valence-electron chi connectivity index (χ0n) is 16.4. The molecule has 31 heavy (non-hydrogen) atoms. The summed E-state index contributed by atoms with van der Waals surface area (Å²) >= 11 is 0. The van der Waals surface area contributed by atoms with Crippen molar-refractivity contribution in [1.82, 2.24) is 0 Å². The third-order valence-electron chi connectivity index (χ3n) is 5.12. The van der Waals surface area contributed by atoms with Gasteiger partial charge in [0.1, 0.15) is 0 Å². The summed E-state index contributed by atoms with van der Waals surface area (Å²) in [5.41, 5.74) is 9.28. The average Bonchev–Trinajstić information content (AvgIpc) is 3.53. The van der Waals surface area contributed by atoms with E-state index in [1.165, 1.54) is 0 Å². The normalized spacial score (nSPS) is 20.1. The molecule has 0 amide bonds. The van der Waals surface area contributed by atoms with Gasteiger partial charge in [0, 0.05) is 22.6 Å². The molecule has 0 N–H and O–H groups in total. The topological polar surface area (TPSA) is 49.4 Å². The fourth-order valence-electron chi connectivity index (χ4n) is 3.75. The number of hydrogen-bond acceptors (Lipinski definition) is 4. The zero-order chi connectivity index (χ0) is 19.9. The van der Waals surface area contributed by atoms with Gasteiger partial charge in [-0.25, -0.2) is 20.0 Å². The van der Waals surface area contributed by atoms with Gasteiger partial charge in [-0.15, -0.1) is 0 Å². The summed E-state index contributed by atoms with van der Waals surface area (Å²) in [6, 6.07) is 10.3. The van der Waals surface area contributed by atoms with Gasteiger partial charge in [0.2, 0.25) is 0 Å². The van der Waals surface area contributed by atoms with Crippen LogP contribution in [0, 0.1) is 0 Å². The van der Waals surface area contributed by atoms with E-state index in [0.29, 0.717) is 0 Å². The number of fused-ring (bicyclic) bond motifs is 4. The molecule has 147 valence electrons. The predicted octanol–water partition coefficient (Wildman–Crippen LogP) is 5.10. The van der Waals surface area contributed by atoms with Gasteiger partial charge in [-0.1, -0.05) is 30.3 Å². The molecule has 5 heterocycles. The molecule has 0 unspecified atom stereocenters. The van der Waals surface area contributed by atoms with Crippen LogP contribution in [0.25, 0.3) is 5.57 Å². The molecule has 1 aromatic carbocycles. The molecule has 0 fully saturated rings. The first-order valence-electron chi connectivity index (χ1n) is 9.82. The Morgan fingerprint density at radius 2 is 0.968 bits per heavy atom. The van der Waals surface area contributed by atoms with Gasteiger partial charge in [0.05, 0.1) is 45.6 Å². The summed E-state index contributed by atoms with van der Waals surface area (Å²) < 4.78 is 0. The van der Waals surface area contributed by atoms with Crippen LogP contribution in [-0.2, 0) is 17.1 Å². The van der Waals surface area contributed by atoms with Gasteiger partial charge < -0.3 is 0 Å². The van der Waals surface area contributed by atoms with Crippen LogP contribution in [0.2, 0.25) is 0 Å². The monoisotopic (exact) mass is 439 g/mol. The first kappa shape index (κ1) is 19.3. The van der Waals surface area contributed by atoms with E-state index < -0.39 is 0 Å². The van der Waals surface area contributed by atoms with E-state index in [1.807, 2.05) is 79.0 Å². The van der Waals surface area contributed by atoms with Gasteiger partial charge in [-0.2, -0.15) is 0 Å². The fourth-order valence-corrected chi connectivity index (χ4v) is 3.75. The van der Waals surface area contributed by atoms with Crippen LogP contribution in [0.15, 0.2) is 140 Å². The van der Waals surface area contributed by atoms with E-state index in [-0.39, 0.29) is 17.1 Å². The minimum Gasteiger partial charge on any atom is -0.249 e. The molecule has 0 aliphatic carbocycles. The van der Waals surface area contributed by atoms with E-state index in [0.717, 1.165) is 56.8 Å². The van der Waals surface area contributed by atoms with Gasteiger partial charge in [0.25, 0.3) is 0 Å². The summed E-state index contributed by atoms with van der Waals surface area (Å²) in [6.45, 7) is 0. The largest absolute Gasteiger partial charge is 0.249 e. The minimum atomic E-state index is 0. The molecule has 1 aromatic rings. The summed E-state index contributed by atoms with van der Waals surface area (Å²) in [7, 11) is 0. The molecule has 0 atom stereocenters. The van der Waals surface area contributed by atoms with E-state index in [4.69, 9.17) is 15.0 Å². The van der Waals surface area contributed by atoms with Crippen LogP contribution in [0.1, 0.15) is 5.56 Å². The molecule has 0 spiro atoms. The van der Waals surface area contributed by atoms with E-state index in [2.05, 4.69) is 23.2 Å². The van der Waals surface area contributed by atoms with Crippen LogP contribution < -0.4 is 0 Å². The quantitative estimate of drug-likeness (QED) is 0.547. The Kier molecular flexibility index (Phi) is 4.91. The molecule has 6 rings (SSSR count). The predicted molar refractivity (Wildman–Crippen MR) is 124 cm³/mol. The average molecular weight is 439 g/mol. The van der Waals surface area contributed by atoms with Crippen LogP contribution in [-0.4, -0.2) is 22.8 Å². The van der Waals surface area contributed by atoms with Crippen molar-refractivity contribution < 1.29 is 17.1 Å². The molecule has 8 bridgehead atoms. The summed E-state index contributed by atoms with van der Waals surface area (Å²) in [4.78, 5) is 18.9. The maximum atomic E-state index is 4.87. The molecular formula is C26H16MnN4. The molecule has 5 aliphatic rings. The molecule has 1 radical (unpaired) electrons. The standard InChI is InChI=1S/C26H16N4.Mn/c1-2-4-17(5-3-1)25-15-24-14-22-9-8-20(28-22)12-18-6-7-19(27-18)13-21-10-11-23(29-21)16-26(25)30-24;/h1-16H;. The summed E-state index contributed by atoms with van der Waals surface area (Å²) in [6.07, 6.45) is 22.1. The second-order valence-electron chi connectivity index (χ2n) is 7.31. The third kappa shape index (κ3) is 3.89. The Labute approximate surface area is 190 Å². The molecule has 4 nitrogen and oxygen atoms in total. The number of aliphatic imine (C=N–C) groups is 4. The van der Waals surface area contributed by atoms with E-state index >= 15 is 0 Å². The molecule has 0 saturated heterocycles. The van der Waals surface area contributed by atoms with Crippen molar-refractivity contribution in [1.29, 1.82) is 0 Å². The van der Waals surface area contributed by atoms with Crippen molar-refractivity contribution in [3.05, 3.63) is 126 Å². The second kappa shape index (κ2) is 7.88. The Balaban J connectivity index is 0.00000204. The summed E-state index contributed by atoms with van der Waals surface area (Å²) in [5, 5.41) is 0. The maximum Gasteiger partial charge on any atom is 0.0737 e. The number of rotatable bonds is 1. The second-order valence-corrected chi connectivity index (χ2v) is 7.31. The summed E-state index contributed by atoms with van der Waals surface area (Å²) in [5.74, 6) is 0. The number of hydrogen-bond donors (Lipinski definition) is 0. The first-order chi connectivity index (χ1) is 14.8. The molecule has 5 heteroatoms. The zero-order valence-corrected chi connectivity index (χ0v) is 17.6. The molecule has 5 aliphatic heterocycles. The SMILES string of the molecule is C1=CC2=NC1=CC1=NC(=CC3=NC(=CC4=NC(=C2)C=C4)C(c2ccccc2)=C3)C=C1.[Mn].